The van der Waals surface area contributed by atoms with E-state index >= 15 is 0 Å². The van der Waals surface area contributed by atoms with Gasteiger partial charge in [0.05, 0.1) is 4.92 Å². The molecule has 6 heteroatoms. The molecule has 0 heterocycles. The third kappa shape index (κ3) is 3.03. The van der Waals surface area contributed by atoms with Crippen molar-refractivity contribution in [1.29, 1.82) is 0 Å². The molecule has 0 bridgehead atoms. The van der Waals surface area contributed by atoms with Crippen LogP contribution in [0.15, 0.2) is 36.4 Å². The average molecular weight is 276 g/mol. The molecule has 2 aromatic rings. The molecule has 0 radical (unpaired) electrons. The lowest BCUT2D eigenvalue weighted by atomic mass is 10.2. The maximum atomic E-state index is 13.1. The summed E-state index contributed by atoms with van der Waals surface area (Å²) in [5.41, 5.74) is 6.82. The van der Waals surface area contributed by atoms with Gasteiger partial charge in [0.25, 0.3) is 5.69 Å². The summed E-state index contributed by atoms with van der Waals surface area (Å²) in [5, 5.41) is 10.8. The van der Waals surface area contributed by atoms with E-state index < -0.39 is 10.7 Å². The molecule has 2 aromatic carbocycles. The van der Waals surface area contributed by atoms with Gasteiger partial charge in [-0.05, 0) is 30.2 Å². The molecule has 104 valence electrons. The number of hydrogen-bond donors (Lipinski definition) is 1. The van der Waals surface area contributed by atoms with Crippen LogP contribution in [0.1, 0.15) is 11.1 Å². The molecule has 0 saturated heterocycles. The van der Waals surface area contributed by atoms with E-state index in [1.165, 1.54) is 24.3 Å². The highest BCUT2D eigenvalue weighted by molar-refractivity contribution is 5.59. The highest BCUT2D eigenvalue weighted by Crippen LogP contribution is 2.24. The number of anilines is 1. The topological polar surface area (TPSA) is 78.4 Å². The fourth-order valence-corrected chi connectivity index (χ4v) is 1.73. The highest BCUT2D eigenvalue weighted by atomic mass is 19.1. The molecule has 0 fully saturated rings. The number of nitro benzene ring substituents is 1. The van der Waals surface area contributed by atoms with Crippen LogP contribution in [0.3, 0.4) is 0 Å². The van der Waals surface area contributed by atoms with E-state index in [2.05, 4.69) is 0 Å². The minimum atomic E-state index is -0.549. The second-order valence-corrected chi connectivity index (χ2v) is 4.35. The number of aryl methyl sites for hydroxylation is 1. The smallest absolute Gasteiger partial charge is 0.292 e. The number of benzene rings is 2. The van der Waals surface area contributed by atoms with Gasteiger partial charge in [-0.15, -0.1) is 0 Å². The number of nitrogens with two attached hydrogens (primary N) is 1. The Morgan fingerprint density at radius 3 is 2.75 bits per heavy atom. The first-order chi connectivity index (χ1) is 9.47. The molecule has 0 aliphatic rings. The lowest BCUT2D eigenvalue weighted by Gasteiger charge is -2.09. The molecule has 0 unspecified atom stereocenters. The van der Waals surface area contributed by atoms with Gasteiger partial charge in [-0.1, -0.05) is 12.1 Å². The zero-order valence-corrected chi connectivity index (χ0v) is 10.8. The lowest BCUT2D eigenvalue weighted by Crippen LogP contribution is -2.01. The predicted octanol–water partition coefficient (Wildman–Crippen LogP) is 3.20. The van der Waals surface area contributed by atoms with Crippen LogP contribution < -0.4 is 10.5 Å². The number of rotatable bonds is 4. The lowest BCUT2D eigenvalue weighted by molar-refractivity contribution is -0.384. The summed E-state index contributed by atoms with van der Waals surface area (Å²) >= 11 is 0. The summed E-state index contributed by atoms with van der Waals surface area (Å²) in [6, 6.07) is 8.67. The average Bonchev–Trinajstić information content (AvgIpc) is 2.41. The van der Waals surface area contributed by atoms with Gasteiger partial charge in [-0.2, -0.15) is 0 Å². The molecule has 2 N–H and O–H groups in total. The van der Waals surface area contributed by atoms with Crippen LogP contribution in [-0.2, 0) is 6.61 Å². The van der Waals surface area contributed by atoms with Gasteiger partial charge in [0.1, 0.15) is 23.9 Å². The van der Waals surface area contributed by atoms with E-state index in [-0.39, 0.29) is 18.0 Å². The van der Waals surface area contributed by atoms with E-state index in [0.717, 1.165) is 5.56 Å². The highest BCUT2D eigenvalue weighted by Gasteiger charge is 2.12. The zero-order chi connectivity index (χ0) is 14.7. The summed E-state index contributed by atoms with van der Waals surface area (Å²) in [7, 11) is 0. The number of nitro groups is 1. The quantitative estimate of drug-likeness (QED) is 0.528. The normalized spacial score (nSPS) is 10.3. The second kappa shape index (κ2) is 5.56. The zero-order valence-electron chi connectivity index (χ0n) is 10.8. The number of nitrogen functional groups attached to an aromatic ring is 1. The molecule has 2 rings (SSSR count). The Hall–Kier alpha value is -2.63. The van der Waals surface area contributed by atoms with Gasteiger partial charge in [0, 0.05) is 12.1 Å². The van der Waals surface area contributed by atoms with E-state index in [1.54, 1.807) is 19.1 Å². The van der Waals surface area contributed by atoms with E-state index in [0.29, 0.717) is 11.3 Å². The number of hydrogen-bond acceptors (Lipinski definition) is 4. The molecule has 0 spiro atoms. The molecule has 0 saturated carbocycles. The third-order valence-corrected chi connectivity index (χ3v) is 2.84. The standard InChI is InChI=1S/C14H13FN2O3/c1-9-2-4-11(15)7-14(9)20-8-10-3-5-12(16)13(6-10)17(18)19/h2-7H,8,16H2,1H3. The number of nitrogens with zero attached hydrogens (tertiary/aromatic N) is 1. The Labute approximate surface area is 114 Å². The van der Waals surface area contributed by atoms with Crippen LogP contribution in [0.25, 0.3) is 0 Å². The van der Waals surface area contributed by atoms with Crippen molar-refractivity contribution in [3.63, 3.8) is 0 Å². The summed E-state index contributed by atoms with van der Waals surface area (Å²) < 4.78 is 18.6. The molecular formula is C14H13FN2O3. The van der Waals surface area contributed by atoms with Crippen molar-refractivity contribution in [1.82, 2.24) is 0 Å². The summed E-state index contributed by atoms with van der Waals surface area (Å²) in [4.78, 5) is 10.2. The van der Waals surface area contributed by atoms with Crippen LogP contribution in [0.2, 0.25) is 0 Å². The van der Waals surface area contributed by atoms with Crippen molar-refractivity contribution in [3.8, 4) is 5.75 Å². The molecule has 0 atom stereocenters. The first-order valence-corrected chi connectivity index (χ1v) is 5.89. The summed E-state index contributed by atoms with van der Waals surface area (Å²) in [5.74, 6) is 0.0124. The Morgan fingerprint density at radius 2 is 2.05 bits per heavy atom. The molecule has 20 heavy (non-hydrogen) atoms. The van der Waals surface area contributed by atoms with Crippen molar-refractivity contribution < 1.29 is 14.1 Å². The van der Waals surface area contributed by atoms with E-state index in [1.807, 2.05) is 0 Å². The summed E-state index contributed by atoms with van der Waals surface area (Å²) in [6.45, 7) is 1.89. The monoisotopic (exact) mass is 276 g/mol. The van der Waals surface area contributed by atoms with E-state index in [4.69, 9.17) is 10.5 Å². The van der Waals surface area contributed by atoms with E-state index in [9.17, 15) is 14.5 Å². The fraction of sp³-hybridized carbons (Fsp3) is 0.143. The minimum absolute atomic E-state index is 0.0979. The Bertz CT molecular complexity index is 659. The Balaban J connectivity index is 2.17. The Kier molecular flexibility index (Phi) is 3.84. The predicted molar refractivity (Wildman–Crippen MR) is 73.0 cm³/mol. The van der Waals surface area contributed by atoms with Crippen LogP contribution in [0.5, 0.6) is 5.75 Å². The number of ether oxygens (including phenoxy) is 1. The molecule has 0 amide bonds. The molecule has 0 aromatic heterocycles. The first-order valence-electron chi connectivity index (χ1n) is 5.89. The molecule has 0 aliphatic heterocycles. The van der Waals surface area contributed by atoms with Crippen molar-refractivity contribution in [2.75, 3.05) is 5.73 Å². The number of halogens is 1. The molecular weight excluding hydrogens is 263 g/mol. The van der Waals surface area contributed by atoms with Crippen molar-refractivity contribution in [2.45, 2.75) is 13.5 Å². The van der Waals surface area contributed by atoms with Gasteiger partial charge < -0.3 is 10.5 Å². The van der Waals surface area contributed by atoms with Crippen molar-refractivity contribution in [2.24, 2.45) is 0 Å². The van der Waals surface area contributed by atoms with Gasteiger partial charge >= 0.3 is 0 Å². The SMILES string of the molecule is Cc1ccc(F)cc1OCc1ccc(N)c([N+](=O)[O-])c1. The maximum Gasteiger partial charge on any atom is 0.292 e. The van der Waals surface area contributed by atoms with Gasteiger partial charge in [0.2, 0.25) is 0 Å². The van der Waals surface area contributed by atoms with Crippen LogP contribution >= 0.6 is 0 Å². The fourth-order valence-electron chi connectivity index (χ4n) is 1.73. The van der Waals surface area contributed by atoms with Gasteiger partial charge in [-0.25, -0.2) is 4.39 Å². The third-order valence-electron chi connectivity index (χ3n) is 2.84. The Morgan fingerprint density at radius 1 is 1.30 bits per heavy atom. The second-order valence-electron chi connectivity index (χ2n) is 4.35. The molecule has 0 aliphatic carbocycles. The van der Waals surface area contributed by atoms with Crippen LogP contribution in [0, 0.1) is 22.9 Å². The maximum absolute atomic E-state index is 13.1. The van der Waals surface area contributed by atoms with Crippen LogP contribution in [-0.4, -0.2) is 4.92 Å². The van der Waals surface area contributed by atoms with Crippen LogP contribution in [0.4, 0.5) is 15.8 Å². The summed E-state index contributed by atoms with van der Waals surface area (Å²) in [6.07, 6.45) is 0. The van der Waals surface area contributed by atoms with Gasteiger partial charge in [0.15, 0.2) is 0 Å². The van der Waals surface area contributed by atoms with Crippen molar-refractivity contribution in [3.05, 3.63) is 63.5 Å². The molecule has 5 nitrogen and oxygen atoms in total. The van der Waals surface area contributed by atoms with Crippen molar-refractivity contribution >= 4 is 11.4 Å². The first kappa shape index (κ1) is 13.8. The van der Waals surface area contributed by atoms with Gasteiger partial charge in [-0.3, -0.25) is 10.1 Å². The minimum Gasteiger partial charge on any atom is -0.489 e. The largest absolute Gasteiger partial charge is 0.489 e.